The van der Waals surface area contributed by atoms with Gasteiger partial charge in [0.1, 0.15) is 18.0 Å². The van der Waals surface area contributed by atoms with Crippen LogP contribution in [0, 0.1) is 11.8 Å². The van der Waals surface area contributed by atoms with Gasteiger partial charge in [0.05, 0.1) is 18.7 Å². The summed E-state index contributed by atoms with van der Waals surface area (Å²) in [6.45, 7) is 2.70. The Balaban J connectivity index is 1.49. The third-order valence-corrected chi connectivity index (χ3v) is 4.40. The molecule has 0 radical (unpaired) electrons. The molecule has 32 heavy (non-hydrogen) atoms. The van der Waals surface area contributed by atoms with Gasteiger partial charge in [-0.2, -0.15) is 0 Å². The SMILES string of the molecule is CCOC(=O)Cn1ccc2c(OCCCC#Cc3ccc(OC(F)(F)F)cc3)cccc21. The molecular formula is C24H22F3NO4. The Labute approximate surface area is 183 Å². The van der Waals surface area contributed by atoms with E-state index >= 15 is 0 Å². The van der Waals surface area contributed by atoms with Crippen molar-refractivity contribution in [3.8, 4) is 23.3 Å². The number of halogens is 3. The Hall–Kier alpha value is -3.60. The zero-order valence-corrected chi connectivity index (χ0v) is 17.4. The topological polar surface area (TPSA) is 49.7 Å². The van der Waals surface area contributed by atoms with E-state index in [0.717, 1.165) is 16.7 Å². The average Bonchev–Trinajstić information content (AvgIpc) is 3.14. The van der Waals surface area contributed by atoms with Crippen molar-refractivity contribution in [2.24, 2.45) is 0 Å². The van der Waals surface area contributed by atoms with Gasteiger partial charge in [-0.3, -0.25) is 4.79 Å². The highest BCUT2D eigenvalue weighted by Crippen LogP contribution is 2.27. The molecule has 5 nitrogen and oxygen atoms in total. The number of hydrogen-bond acceptors (Lipinski definition) is 4. The van der Waals surface area contributed by atoms with Crippen molar-refractivity contribution < 1.29 is 32.2 Å². The molecule has 0 spiro atoms. The molecule has 0 bridgehead atoms. The summed E-state index contributed by atoms with van der Waals surface area (Å²) in [5, 5.41) is 0.907. The second kappa shape index (κ2) is 10.6. The molecule has 0 aliphatic rings. The second-order valence-corrected chi connectivity index (χ2v) is 6.76. The number of benzene rings is 2. The van der Waals surface area contributed by atoms with E-state index in [1.165, 1.54) is 24.3 Å². The summed E-state index contributed by atoms with van der Waals surface area (Å²) in [7, 11) is 0. The summed E-state index contributed by atoms with van der Waals surface area (Å²) < 4.78 is 53.0. The van der Waals surface area contributed by atoms with Crippen LogP contribution in [-0.2, 0) is 16.1 Å². The van der Waals surface area contributed by atoms with Crippen molar-refractivity contribution in [3.63, 3.8) is 0 Å². The van der Waals surface area contributed by atoms with Gasteiger partial charge >= 0.3 is 12.3 Å². The Kier molecular flexibility index (Phi) is 7.66. The third kappa shape index (κ3) is 6.71. The lowest BCUT2D eigenvalue weighted by Gasteiger charge is -2.08. The fourth-order valence-corrected chi connectivity index (χ4v) is 3.05. The van der Waals surface area contributed by atoms with Crippen molar-refractivity contribution in [1.82, 2.24) is 4.57 Å². The van der Waals surface area contributed by atoms with Crippen LogP contribution >= 0.6 is 0 Å². The van der Waals surface area contributed by atoms with Crippen LogP contribution in [0.25, 0.3) is 10.9 Å². The van der Waals surface area contributed by atoms with Gasteiger partial charge in [0, 0.05) is 23.6 Å². The number of carbonyl (C=O) groups is 1. The molecule has 2 aromatic carbocycles. The van der Waals surface area contributed by atoms with Crippen molar-refractivity contribution in [1.29, 1.82) is 0 Å². The van der Waals surface area contributed by atoms with Gasteiger partial charge in [-0.15, -0.1) is 13.2 Å². The van der Waals surface area contributed by atoms with E-state index in [4.69, 9.17) is 9.47 Å². The molecule has 1 aromatic heterocycles. The zero-order chi connectivity index (χ0) is 23.0. The summed E-state index contributed by atoms with van der Waals surface area (Å²) >= 11 is 0. The standard InChI is InChI=1S/C24H22F3NO4/c1-2-30-23(29)17-28-15-14-20-21(28)8-6-9-22(20)31-16-5-3-4-7-18-10-12-19(13-11-18)32-24(25,26)27/h6,8-15H,2-3,5,16-17H2,1H3. The van der Waals surface area contributed by atoms with Gasteiger partial charge < -0.3 is 18.8 Å². The molecule has 0 saturated carbocycles. The molecule has 0 fully saturated rings. The highest BCUT2D eigenvalue weighted by Gasteiger charge is 2.30. The molecule has 0 saturated heterocycles. The van der Waals surface area contributed by atoms with Gasteiger partial charge in [-0.1, -0.05) is 17.9 Å². The molecular weight excluding hydrogens is 423 g/mol. The highest BCUT2D eigenvalue weighted by atomic mass is 19.4. The summed E-state index contributed by atoms with van der Waals surface area (Å²) in [4.78, 5) is 11.7. The van der Waals surface area contributed by atoms with E-state index in [0.29, 0.717) is 31.6 Å². The highest BCUT2D eigenvalue weighted by molar-refractivity contribution is 5.87. The number of aromatic nitrogens is 1. The van der Waals surface area contributed by atoms with E-state index in [1.807, 2.05) is 35.0 Å². The average molecular weight is 445 g/mol. The Morgan fingerprint density at radius 3 is 2.59 bits per heavy atom. The first kappa shape index (κ1) is 23.1. The lowest BCUT2D eigenvalue weighted by atomic mass is 10.2. The van der Waals surface area contributed by atoms with Gasteiger partial charge in [0.15, 0.2) is 0 Å². The number of esters is 1. The van der Waals surface area contributed by atoms with Crippen LogP contribution in [0.4, 0.5) is 13.2 Å². The minimum atomic E-state index is -4.71. The van der Waals surface area contributed by atoms with Gasteiger partial charge in [0.2, 0.25) is 0 Å². The monoisotopic (exact) mass is 445 g/mol. The molecule has 168 valence electrons. The van der Waals surface area contributed by atoms with Gasteiger partial charge in [-0.25, -0.2) is 0 Å². The molecule has 1 heterocycles. The van der Waals surface area contributed by atoms with Crippen molar-refractivity contribution >= 4 is 16.9 Å². The molecule has 8 heteroatoms. The number of nitrogens with zero attached hydrogens (tertiary/aromatic N) is 1. The fourth-order valence-electron chi connectivity index (χ4n) is 3.05. The van der Waals surface area contributed by atoms with Crippen LogP contribution in [0.2, 0.25) is 0 Å². The van der Waals surface area contributed by atoms with E-state index < -0.39 is 6.36 Å². The first-order chi connectivity index (χ1) is 15.4. The minimum Gasteiger partial charge on any atom is -0.493 e. The van der Waals surface area contributed by atoms with E-state index in [1.54, 1.807) is 6.92 Å². The van der Waals surface area contributed by atoms with E-state index in [9.17, 15) is 18.0 Å². The molecule has 0 N–H and O–H groups in total. The summed E-state index contributed by atoms with van der Waals surface area (Å²) in [6.07, 6.45) is -1.63. The third-order valence-electron chi connectivity index (χ3n) is 4.40. The predicted molar refractivity (Wildman–Crippen MR) is 113 cm³/mol. The number of hydrogen-bond donors (Lipinski definition) is 0. The Morgan fingerprint density at radius 2 is 1.88 bits per heavy atom. The normalized spacial score (nSPS) is 11.0. The summed E-state index contributed by atoms with van der Waals surface area (Å²) in [5.41, 5.74) is 1.49. The smallest absolute Gasteiger partial charge is 0.493 e. The Morgan fingerprint density at radius 1 is 1.09 bits per heavy atom. The first-order valence-corrected chi connectivity index (χ1v) is 10.1. The van der Waals surface area contributed by atoms with Crippen LogP contribution in [0.5, 0.6) is 11.5 Å². The molecule has 0 aliphatic carbocycles. The predicted octanol–water partition coefficient (Wildman–Crippen LogP) is 5.31. The number of rotatable bonds is 8. The number of fused-ring (bicyclic) bond motifs is 1. The maximum Gasteiger partial charge on any atom is 0.573 e. The molecule has 0 aliphatic heterocycles. The molecule has 0 unspecified atom stereocenters. The zero-order valence-electron chi connectivity index (χ0n) is 17.4. The van der Waals surface area contributed by atoms with Crippen LogP contribution < -0.4 is 9.47 Å². The number of alkyl halides is 3. The lowest BCUT2D eigenvalue weighted by Crippen LogP contribution is -2.16. The largest absolute Gasteiger partial charge is 0.573 e. The summed E-state index contributed by atoms with van der Waals surface area (Å²) in [6, 6.07) is 13.0. The quantitative estimate of drug-likeness (QED) is 0.268. The van der Waals surface area contributed by atoms with Crippen molar-refractivity contribution in [2.75, 3.05) is 13.2 Å². The molecule has 3 rings (SSSR count). The van der Waals surface area contributed by atoms with Crippen LogP contribution in [0.1, 0.15) is 25.3 Å². The van der Waals surface area contributed by atoms with E-state index in [2.05, 4.69) is 16.6 Å². The maximum absolute atomic E-state index is 12.2. The van der Waals surface area contributed by atoms with Crippen LogP contribution in [0.3, 0.4) is 0 Å². The Bertz CT molecular complexity index is 1110. The second-order valence-electron chi connectivity index (χ2n) is 6.76. The fraction of sp³-hybridized carbons (Fsp3) is 0.292. The van der Waals surface area contributed by atoms with Crippen LogP contribution in [0.15, 0.2) is 54.7 Å². The number of carbonyl (C=O) groups excluding carboxylic acids is 1. The van der Waals surface area contributed by atoms with Gasteiger partial charge in [0.25, 0.3) is 0 Å². The molecule has 0 atom stereocenters. The number of unbranched alkanes of at least 4 members (excludes halogenated alkanes) is 1. The minimum absolute atomic E-state index is 0.139. The van der Waals surface area contributed by atoms with Gasteiger partial charge in [-0.05, 0) is 55.8 Å². The lowest BCUT2D eigenvalue weighted by molar-refractivity contribution is -0.274. The summed E-state index contributed by atoms with van der Waals surface area (Å²) in [5.74, 6) is 6.04. The van der Waals surface area contributed by atoms with Crippen LogP contribution in [-0.4, -0.2) is 30.1 Å². The molecule has 0 amide bonds. The number of ether oxygens (including phenoxy) is 3. The van der Waals surface area contributed by atoms with E-state index in [-0.39, 0.29) is 18.3 Å². The maximum atomic E-state index is 12.2. The first-order valence-electron chi connectivity index (χ1n) is 10.1. The van der Waals surface area contributed by atoms with Crippen molar-refractivity contribution in [3.05, 3.63) is 60.3 Å². The van der Waals surface area contributed by atoms with Crippen molar-refractivity contribution in [2.45, 2.75) is 32.7 Å². The molecule has 3 aromatic rings.